The summed E-state index contributed by atoms with van der Waals surface area (Å²) in [6.07, 6.45) is 5.03. The lowest BCUT2D eigenvalue weighted by atomic mass is 10.2. The molecule has 0 radical (unpaired) electrons. The molecular formula is C20H21ClN2O3S. The van der Waals surface area contributed by atoms with Crippen LogP contribution >= 0.6 is 22.9 Å². The first kappa shape index (κ1) is 19.6. The summed E-state index contributed by atoms with van der Waals surface area (Å²) >= 11 is 7.16. The lowest BCUT2D eigenvalue weighted by Gasteiger charge is -2.21. The van der Waals surface area contributed by atoms with E-state index in [0.717, 1.165) is 30.5 Å². The molecule has 1 aromatic carbocycles. The highest BCUT2D eigenvalue weighted by Crippen LogP contribution is 2.29. The number of thiazole rings is 1. The molecule has 142 valence electrons. The van der Waals surface area contributed by atoms with Crippen LogP contribution in [0.1, 0.15) is 41.6 Å². The number of benzene rings is 1. The SMILES string of the molecule is CCN(C(=O)COC(=O)c1sc(-c2ccc(Cl)cc2)nc1C)C1=CCCC1. The zero-order valence-corrected chi connectivity index (χ0v) is 16.9. The third-order valence-corrected chi connectivity index (χ3v) is 5.82. The van der Waals surface area contributed by atoms with Gasteiger partial charge in [-0.15, -0.1) is 11.3 Å². The predicted octanol–water partition coefficient (Wildman–Crippen LogP) is 4.85. The summed E-state index contributed by atoms with van der Waals surface area (Å²) in [6.45, 7) is 3.99. The molecule has 0 spiro atoms. The monoisotopic (exact) mass is 404 g/mol. The van der Waals surface area contributed by atoms with Crippen molar-refractivity contribution < 1.29 is 14.3 Å². The standard InChI is InChI=1S/C20H21ClN2O3S/c1-3-23(16-6-4-5-7-16)17(24)12-26-20(25)18-13(2)22-19(27-18)14-8-10-15(21)11-9-14/h6,8-11H,3-5,7,12H2,1-2H3. The molecule has 0 saturated carbocycles. The molecule has 27 heavy (non-hydrogen) atoms. The van der Waals surface area contributed by atoms with Crippen LogP contribution in [0.4, 0.5) is 0 Å². The van der Waals surface area contributed by atoms with E-state index < -0.39 is 5.97 Å². The minimum absolute atomic E-state index is 0.195. The molecule has 0 unspecified atom stereocenters. The maximum absolute atomic E-state index is 12.4. The van der Waals surface area contributed by atoms with Crippen molar-refractivity contribution in [2.75, 3.05) is 13.2 Å². The Kier molecular flexibility index (Phi) is 6.29. The van der Waals surface area contributed by atoms with E-state index in [1.165, 1.54) is 11.3 Å². The Bertz CT molecular complexity index is 874. The lowest BCUT2D eigenvalue weighted by Crippen LogP contribution is -2.33. The summed E-state index contributed by atoms with van der Waals surface area (Å²) in [6, 6.07) is 7.27. The molecule has 1 heterocycles. The normalized spacial score (nSPS) is 13.4. The van der Waals surface area contributed by atoms with E-state index in [1.54, 1.807) is 24.0 Å². The highest BCUT2D eigenvalue weighted by atomic mass is 35.5. The van der Waals surface area contributed by atoms with Gasteiger partial charge in [-0.05, 0) is 45.2 Å². The van der Waals surface area contributed by atoms with Crippen molar-refractivity contribution in [1.29, 1.82) is 0 Å². The first-order valence-corrected chi connectivity index (χ1v) is 10.1. The van der Waals surface area contributed by atoms with E-state index in [9.17, 15) is 9.59 Å². The molecule has 7 heteroatoms. The number of rotatable bonds is 6. The van der Waals surface area contributed by atoms with Gasteiger partial charge >= 0.3 is 5.97 Å². The van der Waals surface area contributed by atoms with E-state index in [0.29, 0.717) is 27.1 Å². The third-order valence-electron chi connectivity index (χ3n) is 4.38. The number of allylic oxidation sites excluding steroid dienone is 2. The number of likely N-dealkylation sites (N-methyl/N-ethyl adjacent to an activating group) is 1. The molecule has 5 nitrogen and oxygen atoms in total. The summed E-state index contributed by atoms with van der Waals surface area (Å²) in [5, 5.41) is 1.36. The number of carbonyl (C=O) groups excluding carboxylic acids is 2. The molecule has 0 fully saturated rings. The number of amides is 1. The number of hydrogen-bond acceptors (Lipinski definition) is 5. The fourth-order valence-electron chi connectivity index (χ4n) is 3.01. The fourth-order valence-corrected chi connectivity index (χ4v) is 4.10. The van der Waals surface area contributed by atoms with Gasteiger partial charge in [0.05, 0.1) is 5.69 Å². The molecule has 1 aliphatic carbocycles. The lowest BCUT2D eigenvalue weighted by molar-refractivity contribution is -0.132. The number of ether oxygens (including phenoxy) is 1. The molecule has 0 bridgehead atoms. The van der Waals surface area contributed by atoms with E-state index in [-0.39, 0.29) is 12.5 Å². The molecule has 0 N–H and O–H groups in total. The van der Waals surface area contributed by atoms with Gasteiger partial charge in [-0.3, -0.25) is 4.79 Å². The Hall–Kier alpha value is -2.18. The Morgan fingerprint density at radius 1 is 1.30 bits per heavy atom. The van der Waals surface area contributed by atoms with E-state index >= 15 is 0 Å². The second kappa shape index (κ2) is 8.67. The second-order valence-corrected chi connectivity index (χ2v) is 7.68. The van der Waals surface area contributed by atoms with Gasteiger partial charge in [-0.2, -0.15) is 0 Å². The molecular weight excluding hydrogens is 384 g/mol. The summed E-state index contributed by atoms with van der Waals surface area (Å²) in [5.41, 5.74) is 2.50. The number of carbonyl (C=O) groups is 2. The van der Waals surface area contributed by atoms with Crippen LogP contribution in [0.15, 0.2) is 36.0 Å². The van der Waals surface area contributed by atoms with Crippen LogP contribution in [-0.4, -0.2) is 34.9 Å². The van der Waals surface area contributed by atoms with E-state index in [1.807, 2.05) is 19.1 Å². The number of aromatic nitrogens is 1. The van der Waals surface area contributed by atoms with Crippen LogP contribution in [0.2, 0.25) is 5.02 Å². The quantitative estimate of drug-likeness (QED) is 0.646. The van der Waals surface area contributed by atoms with Gasteiger partial charge in [0.25, 0.3) is 5.91 Å². The number of hydrogen-bond donors (Lipinski definition) is 0. The van der Waals surface area contributed by atoms with Crippen molar-refractivity contribution in [3.63, 3.8) is 0 Å². The molecule has 1 amide bonds. The average molecular weight is 405 g/mol. The Morgan fingerprint density at radius 2 is 2.04 bits per heavy atom. The summed E-state index contributed by atoms with van der Waals surface area (Å²) in [4.78, 5) is 31.4. The maximum Gasteiger partial charge on any atom is 0.350 e. The topological polar surface area (TPSA) is 59.5 Å². The van der Waals surface area contributed by atoms with Crippen LogP contribution in [0.25, 0.3) is 10.6 Å². The van der Waals surface area contributed by atoms with Gasteiger partial charge in [0.15, 0.2) is 6.61 Å². The molecule has 2 aromatic rings. The van der Waals surface area contributed by atoms with Gasteiger partial charge < -0.3 is 9.64 Å². The first-order valence-electron chi connectivity index (χ1n) is 8.89. The third kappa shape index (κ3) is 4.57. The van der Waals surface area contributed by atoms with Crippen LogP contribution in [0, 0.1) is 6.92 Å². The zero-order valence-electron chi connectivity index (χ0n) is 15.3. The van der Waals surface area contributed by atoms with Crippen molar-refractivity contribution in [2.24, 2.45) is 0 Å². The molecule has 1 aromatic heterocycles. The highest BCUT2D eigenvalue weighted by Gasteiger charge is 2.22. The van der Waals surface area contributed by atoms with Gasteiger partial charge in [0, 0.05) is 22.8 Å². The fraction of sp³-hybridized carbons (Fsp3) is 0.350. The van der Waals surface area contributed by atoms with Crippen LogP contribution in [0.5, 0.6) is 0 Å². The summed E-state index contributed by atoms with van der Waals surface area (Å²) in [7, 11) is 0. The van der Waals surface area contributed by atoms with Crippen molar-refractivity contribution in [3.05, 3.63) is 51.6 Å². The number of aryl methyl sites for hydroxylation is 1. The molecule has 0 aliphatic heterocycles. The average Bonchev–Trinajstić information content (AvgIpc) is 3.31. The molecule has 0 atom stereocenters. The van der Waals surface area contributed by atoms with Crippen molar-refractivity contribution in [1.82, 2.24) is 9.88 Å². The first-order chi connectivity index (χ1) is 13.0. The molecule has 0 saturated heterocycles. The number of halogens is 1. The van der Waals surface area contributed by atoms with Gasteiger partial charge in [0.2, 0.25) is 0 Å². The number of esters is 1. The maximum atomic E-state index is 12.4. The van der Waals surface area contributed by atoms with E-state index in [2.05, 4.69) is 11.1 Å². The van der Waals surface area contributed by atoms with Gasteiger partial charge in [0.1, 0.15) is 9.88 Å². The summed E-state index contributed by atoms with van der Waals surface area (Å²) in [5.74, 6) is -0.714. The largest absolute Gasteiger partial charge is 0.451 e. The number of nitrogens with zero attached hydrogens (tertiary/aromatic N) is 2. The van der Waals surface area contributed by atoms with Crippen LogP contribution < -0.4 is 0 Å². The molecule has 3 rings (SSSR count). The van der Waals surface area contributed by atoms with Crippen molar-refractivity contribution >= 4 is 34.8 Å². The van der Waals surface area contributed by atoms with E-state index in [4.69, 9.17) is 16.3 Å². The molecule has 1 aliphatic rings. The smallest absolute Gasteiger partial charge is 0.350 e. The van der Waals surface area contributed by atoms with Crippen LogP contribution in [0.3, 0.4) is 0 Å². The van der Waals surface area contributed by atoms with Crippen molar-refractivity contribution in [3.8, 4) is 10.6 Å². The zero-order chi connectivity index (χ0) is 19.4. The van der Waals surface area contributed by atoms with Gasteiger partial charge in [-0.25, -0.2) is 9.78 Å². The minimum atomic E-state index is -0.519. The minimum Gasteiger partial charge on any atom is -0.451 e. The predicted molar refractivity (Wildman–Crippen MR) is 107 cm³/mol. The second-order valence-electron chi connectivity index (χ2n) is 6.24. The van der Waals surface area contributed by atoms with Crippen molar-refractivity contribution in [2.45, 2.75) is 33.1 Å². The Morgan fingerprint density at radius 3 is 2.67 bits per heavy atom. The Labute approximate surface area is 167 Å². The summed E-state index contributed by atoms with van der Waals surface area (Å²) < 4.78 is 5.27. The van der Waals surface area contributed by atoms with Crippen LogP contribution in [-0.2, 0) is 9.53 Å². The Balaban J connectivity index is 1.66. The highest BCUT2D eigenvalue weighted by molar-refractivity contribution is 7.17. The van der Waals surface area contributed by atoms with Gasteiger partial charge in [-0.1, -0.05) is 29.8 Å².